The molecule has 1 aromatic rings. The maximum Gasteiger partial charge on any atom is 0.422 e. The number of primary amides is 1. The summed E-state index contributed by atoms with van der Waals surface area (Å²) < 4.78 is 67.8. The van der Waals surface area contributed by atoms with Gasteiger partial charge in [0.05, 0.1) is 26.7 Å². The summed E-state index contributed by atoms with van der Waals surface area (Å²) in [4.78, 5) is 23.5. The Morgan fingerprint density at radius 1 is 1.34 bits per heavy atom. The average molecular weight is 495 g/mol. The van der Waals surface area contributed by atoms with Crippen LogP contribution in [0, 0.1) is 28.1 Å². The summed E-state index contributed by atoms with van der Waals surface area (Å²) in [5.41, 5.74) is 2.02. The molecule has 0 aromatic heterocycles. The van der Waals surface area contributed by atoms with Crippen LogP contribution in [0.1, 0.15) is 25.7 Å². The lowest BCUT2D eigenvalue weighted by Crippen LogP contribution is -2.37. The van der Waals surface area contributed by atoms with Crippen molar-refractivity contribution in [1.29, 1.82) is 5.26 Å². The van der Waals surface area contributed by atoms with Gasteiger partial charge in [0.1, 0.15) is 11.2 Å². The third-order valence-electron chi connectivity index (χ3n) is 6.25. The lowest BCUT2D eigenvalue weighted by Gasteiger charge is -2.26. The van der Waals surface area contributed by atoms with E-state index in [9.17, 15) is 41.5 Å². The molecule has 2 unspecified atom stereocenters. The third-order valence-corrected chi connectivity index (χ3v) is 8.92. The number of hydrogen-bond donors (Lipinski definition) is 2. The van der Waals surface area contributed by atoms with Crippen LogP contribution in [0.25, 0.3) is 0 Å². The Kier molecular flexibility index (Phi) is 5.89. The number of nitrogens with zero attached hydrogens (tertiary/aromatic N) is 1. The number of carbonyl (C=O) groups is 2. The van der Waals surface area contributed by atoms with Gasteiger partial charge in [-0.3, -0.25) is 9.59 Å². The van der Waals surface area contributed by atoms with Gasteiger partial charge in [0.2, 0.25) is 5.91 Å². The van der Waals surface area contributed by atoms with Crippen molar-refractivity contribution in [2.24, 2.45) is 22.5 Å². The predicted molar refractivity (Wildman–Crippen MR) is 103 cm³/mol. The van der Waals surface area contributed by atoms with Crippen LogP contribution in [-0.2, 0) is 19.4 Å². The molecule has 3 rings (SSSR count). The number of ether oxygens (including phenoxy) is 1. The van der Waals surface area contributed by atoms with E-state index in [0.29, 0.717) is 0 Å². The molecule has 174 valence electrons. The van der Waals surface area contributed by atoms with Gasteiger partial charge in [0.25, 0.3) is 0 Å². The van der Waals surface area contributed by atoms with Crippen molar-refractivity contribution in [2.75, 3.05) is 6.61 Å². The number of hydrogen-bond acceptors (Lipinski definition) is 6. The molecule has 0 heterocycles. The van der Waals surface area contributed by atoms with Crippen molar-refractivity contribution in [3.63, 3.8) is 0 Å². The van der Waals surface area contributed by atoms with E-state index in [-0.39, 0.29) is 41.4 Å². The summed E-state index contributed by atoms with van der Waals surface area (Å²) in [6, 6.07) is 4.75. The molecule has 0 spiro atoms. The fraction of sp³-hybridized carbons (Fsp3) is 0.526. The fourth-order valence-electron chi connectivity index (χ4n) is 4.48. The normalized spacial score (nSPS) is 29.8. The van der Waals surface area contributed by atoms with Gasteiger partial charge in [-0.15, -0.1) is 0 Å². The smallest absolute Gasteiger partial charge is 0.422 e. The molecule has 1 amide bonds. The average Bonchev–Trinajstić information content (AvgIpc) is 3.27. The highest BCUT2D eigenvalue weighted by Gasteiger charge is 2.72. The monoisotopic (exact) mass is 494 g/mol. The minimum atomic E-state index is -4.59. The maximum absolute atomic E-state index is 13.1. The van der Waals surface area contributed by atoms with Crippen LogP contribution < -0.4 is 10.5 Å². The number of benzene rings is 1. The lowest BCUT2D eigenvalue weighted by atomic mass is 9.77. The van der Waals surface area contributed by atoms with E-state index < -0.39 is 56.5 Å². The second kappa shape index (κ2) is 7.81. The van der Waals surface area contributed by atoms with E-state index in [1.807, 2.05) is 0 Å². The SMILES string of the molecule is N#CC1(C(N)=O)CC1[C@@]1(C(=O)O)CC[C@@H](S(=O)(=O)c2ccc(OCC(F)(F)F)cc2Cl)C1. The molecule has 2 aliphatic rings. The highest BCUT2D eigenvalue weighted by Crippen LogP contribution is 2.66. The van der Waals surface area contributed by atoms with Crippen molar-refractivity contribution >= 4 is 33.3 Å². The molecule has 3 N–H and O–H groups in total. The van der Waals surface area contributed by atoms with E-state index >= 15 is 0 Å². The number of rotatable bonds is 7. The van der Waals surface area contributed by atoms with Crippen LogP contribution in [0.5, 0.6) is 5.75 Å². The minimum Gasteiger partial charge on any atom is -0.484 e. The maximum atomic E-state index is 13.1. The number of alkyl halides is 3. The molecule has 32 heavy (non-hydrogen) atoms. The number of halogens is 4. The van der Waals surface area contributed by atoms with Gasteiger partial charge in [-0.1, -0.05) is 11.6 Å². The minimum absolute atomic E-state index is 0.0615. The number of nitrogens with two attached hydrogens (primary N) is 1. The number of aliphatic carboxylic acids is 1. The van der Waals surface area contributed by atoms with Crippen LogP contribution in [0.15, 0.2) is 23.1 Å². The number of carboxylic acid groups (broad SMARTS) is 1. The highest BCUT2D eigenvalue weighted by atomic mass is 35.5. The van der Waals surface area contributed by atoms with Crippen LogP contribution in [-0.4, -0.2) is 43.4 Å². The number of nitriles is 1. The molecule has 0 saturated heterocycles. The van der Waals surface area contributed by atoms with Gasteiger partial charge < -0.3 is 15.6 Å². The summed E-state index contributed by atoms with van der Waals surface area (Å²) >= 11 is 6.00. The molecule has 0 radical (unpaired) electrons. The number of carboxylic acids is 1. The first kappa shape index (κ1) is 24.1. The van der Waals surface area contributed by atoms with Crippen molar-refractivity contribution in [3.05, 3.63) is 23.2 Å². The zero-order valence-electron chi connectivity index (χ0n) is 16.4. The Labute approximate surface area is 186 Å². The number of carbonyl (C=O) groups excluding carboxylic acids is 1. The van der Waals surface area contributed by atoms with Crippen LogP contribution in [0.4, 0.5) is 13.2 Å². The van der Waals surface area contributed by atoms with E-state index in [2.05, 4.69) is 4.74 Å². The second-order valence-electron chi connectivity index (χ2n) is 8.07. The van der Waals surface area contributed by atoms with Crippen molar-refractivity contribution in [1.82, 2.24) is 0 Å². The van der Waals surface area contributed by atoms with Crippen LogP contribution in [0.2, 0.25) is 5.02 Å². The molecule has 0 aliphatic heterocycles. The van der Waals surface area contributed by atoms with Gasteiger partial charge in [-0.25, -0.2) is 8.42 Å². The Balaban J connectivity index is 1.85. The van der Waals surface area contributed by atoms with E-state index in [1.165, 1.54) is 0 Å². The zero-order valence-corrected chi connectivity index (χ0v) is 17.9. The molecule has 2 saturated carbocycles. The fourth-order valence-corrected chi connectivity index (χ4v) is 6.87. The predicted octanol–water partition coefficient (Wildman–Crippen LogP) is 2.69. The van der Waals surface area contributed by atoms with Gasteiger partial charge in [-0.2, -0.15) is 18.4 Å². The highest BCUT2D eigenvalue weighted by molar-refractivity contribution is 7.92. The molecule has 4 atom stereocenters. The molecular weight excluding hydrogens is 477 g/mol. The molecule has 1 aromatic carbocycles. The lowest BCUT2D eigenvalue weighted by molar-refractivity contribution is -0.153. The molecule has 8 nitrogen and oxygen atoms in total. The molecular formula is C19H18ClF3N2O6S. The second-order valence-corrected chi connectivity index (χ2v) is 10.7. The summed E-state index contributed by atoms with van der Waals surface area (Å²) in [5.74, 6) is -3.46. The first-order valence-electron chi connectivity index (χ1n) is 9.37. The number of sulfone groups is 1. The summed E-state index contributed by atoms with van der Waals surface area (Å²) in [6.45, 7) is -1.58. The first-order valence-corrected chi connectivity index (χ1v) is 11.3. The Hall–Kier alpha value is -2.52. The summed E-state index contributed by atoms with van der Waals surface area (Å²) in [5, 5.41) is 17.7. The molecule has 2 fully saturated rings. The van der Waals surface area contributed by atoms with Gasteiger partial charge in [0.15, 0.2) is 16.4 Å². The third kappa shape index (κ3) is 3.99. The molecule has 2 aliphatic carbocycles. The topological polar surface area (TPSA) is 148 Å². The van der Waals surface area contributed by atoms with Crippen LogP contribution >= 0.6 is 11.6 Å². The van der Waals surface area contributed by atoms with E-state index in [4.69, 9.17) is 17.3 Å². The quantitative estimate of drug-likeness (QED) is 0.592. The first-order chi connectivity index (χ1) is 14.7. The number of amides is 1. The summed E-state index contributed by atoms with van der Waals surface area (Å²) in [7, 11) is -4.18. The van der Waals surface area contributed by atoms with Gasteiger partial charge >= 0.3 is 12.1 Å². The molecule has 0 bridgehead atoms. The summed E-state index contributed by atoms with van der Waals surface area (Å²) in [6.07, 6.45) is -5.15. The van der Waals surface area contributed by atoms with Gasteiger partial charge in [0, 0.05) is 12.0 Å². The Morgan fingerprint density at radius 3 is 2.47 bits per heavy atom. The molecule has 13 heteroatoms. The largest absolute Gasteiger partial charge is 0.484 e. The zero-order chi connectivity index (χ0) is 24.1. The van der Waals surface area contributed by atoms with Crippen LogP contribution in [0.3, 0.4) is 0 Å². The Morgan fingerprint density at radius 2 is 2.00 bits per heavy atom. The van der Waals surface area contributed by atoms with Crippen molar-refractivity contribution in [2.45, 2.75) is 42.0 Å². The van der Waals surface area contributed by atoms with Crippen molar-refractivity contribution in [3.8, 4) is 11.8 Å². The van der Waals surface area contributed by atoms with E-state index in [0.717, 1.165) is 18.2 Å². The standard InChI is InChI=1S/C19H18ClF3N2O6S/c20-12-5-10(31-9-19(21,22)23)1-2-13(12)32(29,30)11-3-4-17(6-11,16(27)28)14-7-18(14,8-24)15(25)26/h1-2,5,11,14H,3-4,6-7,9H2,(H2,25,26)(H,27,28)/t11-,14?,17-,18?/m1/s1. The Bertz CT molecular complexity index is 1120. The van der Waals surface area contributed by atoms with E-state index in [1.54, 1.807) is 6.07 Å². The van der Waals surface area contributed by atoms with Crippen molar-refractivity contribution < 1.29 is 41.0 Å². The van der Waals surface area contributed by atoms with Gasteiger partial charge in [-0.05, 0) is 37.8 Å².